The average molecular weight is 282 g/mol. The largest absolute Gasteiger partial charge is 0.326 e. The Labute approximate surface area is 85.1 Å². The number of aryl methyl sites for hydroxylation is 1. The molecule has 0 saturated heterocycles. The summed E-state index contributed by atoms with van der Waals surface area (Å²) in [5.41, 5.74) is 7.91. The molecule has 2 N–H and O–H groups in total. The molecular weight excluding hydrogens is 272 g/mol. The molecule has 0 unspecified atom stereocenters. The molecule has 0 radical (unpaired) electrons. The zero-order chi connectivity index (χ0) is 8.43. The first-order valence-corrected chi connectivity index (χ1v) is 4.75. The first kappa shape index (κ1) is 9.29. The van der Waals surface area contributed by atoms with Gasteiger partial charge in [0, 0.05) is 15.1 Å². The van der Waals surface area contributed by atoms with Crippen molar-refractivity contribution in [1.29, 1.82) is 0 Å². The molecule has 1 nitrogen and oxygen atoms in total. The molecule has 3 heteroatoms. The molecule has 0 aliphatic rings. The SMILES string of the molecule is Cc1cc(Cl)cc(I)c1CN. The molecule has 0 heterocycles. The van der Waals surface area contributed by atoms with Gasteiger partial charge in [-0.15, -0.1) is 0 Å². The van der Waals surface area contributed by atoms with Gasteiger partial charge < -0.3 is 5.73 Å². The summed E-state index contributed by atoms with van der Waals surface area (Å²) in [4.78, 5) is 0. The van der Waals surface area contributed by atoms with Crippen molar-refractivity contribution >= 4 is 34.2 Å². The van der Waals surface area contributed by atoms with Crippen molar-refractivity contribution < 1.29 is 0 Å². The molecular formula is C8H9ClIN. The van der Waals surface area contributed by atoms with Crippen molar-refractivity contribution in [3.63, 3.8) is 0 Å². The van der Waals surface area contributed by atoms with Gasteiger partial charge in [-0.25, -0.2) is 0 Å². The summed E-state index contributed by atoms with van der Waals surface area (Å²) in [5, 5.41) is 0.782. The summed E-state index contributed by atoms with van der Waals surface area (Å²) in [5.74, 6) is 0. The van der Waals surface area contributed by atoms with Crippen molar-refractivity contribution in [2.24, 2.45) is 5.73 Å². The van der Waals surface area contributed by atoms with Gasteiger partial charge in [-0.05, 0) is 52.8 Å². The van der Waals surface area contributed by atoms with Gasteiger partial charge in [0.25, 0.3) is 0 Å². The topological polar surface area (TPSA) is 26.0 Å². The van der Waals surface area contributed by atoms with Crippen LogP contribution >= 0.6 is 34.2 Å². The highest BCUT2D eigenvalue weighted by Gasteiger charge is 2.02. The maximum atomic E-state index is 5.83. The van der Waals surface area contributed by atoms with Crippen molar-refractivity contribution in [3.05, 3.63) is 31.9 Å². The molecule has 0 atom stereocenters. The molecule has 0 amide bonds. The highest BCUT2D eigenvalue weighted by molar-refractivity contribution is 14.1. The minimum Gasteiger partial charge on any atom is -0.326 e. The highest BCUT2D eigenvalue weighted by Crippen LogP contribution is 2.21. The van der Waals surface area contributed by atoms with Gasteiger partial charge in [0.05, 0.1) is 0 Å². The fraction of sp³-hybridized carbons (Fsp3) is 0.250. The zero-order valence-electron chi connectivity index (χ0n) is 6.20. The van der Waals surface area contributed by atoms with E-state index in [1.165, 1.54) is 11.1 Å². The van der Waals surface area contributed by atoms with Gasteiger partial charge in [0.1, 0.15) is 0 Å². The van der Waals surface area contributed by atoms with E-state index in [0.29, 0.717) is 6.54 Å². The number of nitrogens with two attached hydrogens (primary N) is 1. The summed E-state index contributed by atoms with van der Waals surface area (Å²) in [7, 11) is 0. The summed E-state index contributed by atoms with van der Waals surface area (Å²) in [6.07, 6.45) is 0. The molecule has 1 rings (SSSR count). The standard InChI is InChI=1S/C8H9ClIN/c1-5-2-6(9)3-8(10)7(5)4-11/h2-3H,4,11H2,1H3. The molecule has 0 aromatic heterocycles. The highest BCUT2D eigenvalue weighted by atomic mass is 127. The monoisotopic (exact) mass is 281 g/mol. The van der Waals surface area contributed by atoms with E-state index in [1.54, 1.807) is 0 Å². The maximum Gasteiger partial charge on any atom is 0.0419 e. The van der Waals surface area contributed by atoms with Crippen molar-refractivity contribution in [2.75, 3.05) is 0 Å². The zero-order valence-corrected chi connectivity index (χ0v) is 9.11. The molecule has 0 aliphatic heterocycles. The predicted molar refractivity (Wildman–Crippen MR) is 56.8 cm³/mol. The fourth-order valence-corrected chi connectivity index (χ4v) is 2.43. The second-order valence-electron chi connectivity index (χ2n) is 2.39. The number of halogens is 2. The van der Waals surface area contributed by atoms with Crippen LogP contribution in [0, 0.1) is 10.5 Å². The Morgan fingerprint density at radius 2 is 2.18 bits per heavy atom. The van der Waals surface area contributed by atoms with Crippen molar-refractivity contribution in [1.82, 2.24) is 0 Å². The molecule has 0 saturated carbocycles. The molecule has 0 bridgehead atoms. The fourth-order valence-electron chi connectivity index (χ4n) is 0.991. The van der Waals surface area contributed by atoms with Gasteiger partial charge >= 0.3 is 0 Å². The summed E-state index contributed by atoms with van der Waals surface area (Å²) in [6, 6.07) is 3.86. The Balaban J connectivity index is 3.25. The lowest BCUT2D eigenvalue weighted by Crippen LogP contribution is -2.01. The third-order valence-electron chi connectivity index (χ3n) is 1.59. The van der Waals surface area contributed by atoms with Crippen LogP contribution in [0.1, 0.15) is 11.1 Å². The van der Waals surface area contributed by atoms with E-state index < -0.39 is 0 Å². The summed E-state index contributed by atoms with van der Waals surface area (Å²) >= 11 is 8.08. The van der Waals surface area contributed by atoms with Crippen LogP contribution in [0.25, 0.3) is 0 Å². The third kappa shape index (κ3) is 2.07. The van der Waals surface area contributed by atoms with Crippen LogP contribution in [0.5, 0.6) is 0 Å². The Bertz CT molecular complexity index is 250. The first-order chi connectivity index (χ1) is 5.15. The molecule has 0 aliphatic carbocycles. The molecule has 0 spiro atoms. The molecule has 60 valence electrons. The number of benzene rings is 1. The van der Waals surface area contributed by atoms with E-state index in [2.05, 4.69) is 22.6 Å². The van der Waals surface area contributed by atoms with E-state index in [4.69, 9.17) is 17.3 Å². The molecule has 11 heavy (non-hydrogen) atoms. The molecule has 1 aromatic carbocycles. The Morgan fingerprint density at radius 3 is 2.64 bits per heavy atom. The van der Waals surface area contributed by atoms with E-state index in [1.807, 2.05) is 19.1 Å². The normalized spacial score (nSPS) is 10.2. The quantitative estimate of drug-likeness (QED) is 0.787. The smallest absolute Gasteiger partial charge is 0.0419 e. The van der Waals surface area contributed by atoms with Gasteiger partial charge in [-0.3, -0.25) is 0 Å². The lowest BCUT2D eigenvalue weighted by atomic mass is 10.1. The predicted octanol–water partition coefficient (Wildman–Crippen LogP) is 2.71. The van der Waals surface area contributed by atoms with Crippen molar-refractivity contribution in [3.8, 4) is 0 Å². The van der Waals surface area contributed by atoms with E-state index in [0.717, 1.165) is 8.59 Å². The van der Waals surface area contributed by atoms with Crippen LogP contribution in [-0.4, -0.2) is 0 Å². The minimum absolute atomic E-state index is 0.585. The van der Waals surface area contributed by atoms with Gasteiger partial charge in [-0.2, -0.15) is 0 Å². The van der Waals surface area contributed by atoms with Gasteiger partial charge in [0.2, 0.25) is 0 Å². The second kappa shape index (κ2) is 3.74. The lowest BCUT2D eigenvalue weighted by molar-refractivity contribution is 1.04. The second-order valence-corrected chi connectivity index (χ2v) is 3.99. The van der Waals surface area contributed by atoms with E-state index in [9.17, 15) is 0 Å². The van der Waals surface area contributed by atoms with Crippen molar-refractivity contribution in [2.45, 2.75) is 13.5 Å². The average Bonchev–Trinajstić information content (AvgIpc) is 1.85. The summed E-state index contributed by atoms with van der Waals surface area (Å²) in [6.45, 7) is 2.61. The third-order valence-corrected chi connectivity index (χ3v) is 2.77. The van der Waals surface area contributed by atoms with Crippen LogP contribution in [-0.2, 0) is 6.54 Å². The van der Waals surface area contributed by atoms with Gasteiger partial charge in [0.15, 0.2) is 0 Å². The molecule has 1 aromatic rings. The van der Waals surface area contributed by atoms with Crippen LogP contribution in [0.4, 0.5) is 0 Å². The minimum atomic E-state index is 0.585. The van der Waals surface area contributed by atoms with E-state index in [-0.39, 0.29) is 0 Å². The Kier molecular flexibility index (Phi) is 3.16. The Hall–Kier alpha value is 0.200. The van der Waals surface area contributed by atoms with Crippen LogP contribution < -0.4 is 5.73 Å². The number of rotatable bonds is 1. The van der Waals surface area contributed by atoms with E-state index >= 15 is 0 Å². The number of hydrogen-bond donors (Lipinski definition) is 1. The first-order valence-electron chi connectivity index (χ1n) is 3.29. The van der Waals surface area contributed by atoms with Crippen LogP contribution in [0.2, 0.25) is 5.02 Å². The van der Waals surface area contributed by atoms with Crippen LogP contribution in [0.3, 0.4) is 0 Å². The lowest BCUT2D eigenvalue weighted by Gasteiger charge is -2.05. The summed E-state index contributed by atoms with van der Waals surface area (Å²) < 4.78 is 1.15. The number of hydrogen-bond acceptors (Lipinski definition) is 1. The van der Waals surface area contributed by atoms with Gasteiger partial charge in [-0.1, -0.05) is 11.6 Å². The molecule has 0 fully saturated rings. The maximum absolute atomic E-state index is 5.83. The Morgan fingerprint density at radius 1 is 1.55 bits per heavy atom. The van der Waals surface area contributed by atoms with Crippen LogP contribution in [0.15, 0.2) is 12.1 Å².